The molecule has 0 aromatic heterocycles. The van der Waals surface area contributed by atoms with Gasteiger partial charge >= 0.3 is 6.09 Å². The van der Waals surface area contributed by atoms with Crippen molar-refractivity contribution >= 4 is 12.0 Å². The standard InChI is InChI=1S/C50H69NO7/c1-32(2)14-13-15-33(3)40-22-23-41-39-21-20-37-28-38(24-26-49(37,5)42(39)25-27-50(40,41)6)56-47-44-46(58-48(53)51(44)34(4)52)45(55-30-36-18-11-8-12-19-36)43(57-47)31-54-29-35-16-9-7-10-17-35/h7-12,16-20,32-33,38-47H,13-15,21-31H2,1-6H3/t33-,38?,39+,40-,41+,42+,43-,44-,45-,46-,47+,49+,50-/m1/s1. The highest BCUT2D eigenvalue weighted by molar-refractivity contribution is 5.92. The number of nitrogens with zero attached hydrogens (tertiary/aromatic N) is 1. The van der Waals surface area contributed by atoms with E-state index in [0.29, 0.717) is 24.5 Å². The van der Waals surface area contributed by atoms with Crippen LogP contribution in [0.2, 0.25) is 0 Å². The second-order valence-electron chi connectivity index (χ2n) is 19.8. The SMILES string of the molecule is CC(=O)N1C(=O)O[C@H]2[C@H](OCc3ccccc3)[C@@H](COCc3ccccc3)O[C@H](OC3CC[C@@]4(C)C(=CC[C@H]5[C@@H]6CC[C@H]([C@H](C)CCCC(C)C)[C@@]6(C)CC[C@@H]54)C3)[C@@H]21. The van der Waals surface area contributed by atoms with E-state index in [1.54, 1.807) is 0 Å². The number of carbonyl (C=O) groups is 2. The summed E-state index contributed by atoms with van der Waals surface area (Å²) in [4.78, 5) is 27.7. The lowest BCUT2D eigenvalue weighted by atomic mass is 9.47. The fourth-order valence-corrected chi connectivity index (χ4v) is 13.0. The highest BCUT2D eigenvalue weighted by Crippen LogP contribution is 2.67. The molecule has 1 unspecified atom stereocenters. The number of hydrogen-bond acceptors (Lipinski definition) is 7. The lowest BCUT2D eigenvalue weighted by molar-refractivity contribution is -0.291. The number of amides is 2. The first-order valence-electron chi connectivity index (χ1n) is 22.7. The van der Waals surface area contributed by atoms with E-state index in [4.69, 9.17) is 23.7 Å². The maximum Gasteiger partial charge on any atom is 0.417 e. The molecule has 8 heteroatoms. The molecule has 58 heavy (non-hydrogen) atoms. The van der Waals surface area contributed by atoms with Crippen LogP contribution >= 0.6 is 0 Å². The number of ether oxygens (including phenoxy) is 5. The van der Waals surface area contributed by atoms with Gasteiger partial charge in [0.1, 0.15) is 18.2 Å². The Morgan fingerprint density at radius 3 is 2.33 bits per heavy atom. The van der Waals surface area contributed by atoms with E-state index >= 15 is 0 Å². The van der Waals surface area contributed by atoms with Crippen LogP contribution in [0.5, 0.6) is 0 Å². The van der Waals surface area contributed by atoms with Gasteiger partial charge in [0.2, 0.25) is 5.91 Å². The van der Waals surface area contributed by atoms with E-state index in [-0.39, 0.29) is 18.1 Å². The molecule has 2 aliphatic heterocycles. The largest absolute Gasteiger partial charge is 0.440 e. The molecular formula is C50H69NO7. The number of hydrogen-bond donors (Lipinski definition) is 0. The minimum Gasteiger partial charge on any atom is -0.440 e. The summed E-state index contributed by atoms with van der Waals surface area (Å²) in [7, 11) is 0. The van der Waals surface area contributed by atoms with Crippen molar-refractivity contribution in [3.63, 3.8) is 0 Å². The minimum absolute atomic E-state index is 0.102. The summed E-state index contributed by atoms with van der Waals surface area (Å²) >= 11 is 0. The van der Waals surface area contributed by atoms with Crippen LogP contribution in [0.3, 0.4) is 0 Å². The Kier molecular flexibility index (Phi) is 12.6. The van der Waals surface area contributed by atoms with Gasteiger partial charge in [0.05, 0.1) is 25.9 Å². The molecule has 4 aliphatic carbocycles. The fourth-order valence-electron chi connectivity index (χ4n) is 13.0. The maximum atomic E-state index is 13.4. The zero-order valence-corrected chi connectivity index (χ0v) is 36.0. The molecule has 316 valence electrons. The van der Waals surface area contributed by atoms with Gasteiger partial charge in [0.15, 0.2) is 12.4 Å². The third kappa shape index (κ3) is 8.21. The second kappa shape index (κ2) is 17.5. The fraction of sp³-hybridized carbons (Fsp3) is 0.680. The van der Waals surface area contributed by atoms with Crippen molar-refractivity contribution < 1.29 is 33.3 Å². The van der Waals surface area contributed by atoms with Gasteiger partial charge in [-0.1, -0.05) is 126 Å². The minimum atomic E-state index is -0.873. The Labute approximate surface area is 347 Å². The summed E-state index contributed by atoms with van der Waals surface area (Å²) in [6, 6.07) is 19.2. The van der Waals surface area contributed by atoms with E-state index in [9.17, 15) is 9.59 Å². The molecule has 8 rings (SSSR count). The lowest BCUT2D eigenvalue weighted by Gasteiger charge is -2.58. The average Bonchev–Trinajstić information content (AvgIpc) is 3.75. The molecule has 0 radical (unpaired) electrons. The highest BCUT2D eigenvalue weighted by atomic mass is 16.7. The second-order valence-corrected chi connectivity index (χ2v) is 19.8. The maximum absolute atomic E-state index is 13.4. The molecule has 2 heterocycles. The van der Waals surface area contributed by atoms with E-state index in [1.807, 2.05) is 60.7 Å². The van der Waals surface area contributed by atoms with Crippen molar-refractivity contribution in [2.45, 2.75) is 162 Å². The summed E-state index contributed by atoms with van der Waals surface area (Å²) in [5.74, 6) is 4.34. The topological polar surface area (TPSA) is 83.5 Å². The van der Waals surface area contributed by atoms with Crippen LogP contribution < -0.4 is 0 Å². The van der Waals surface area contributed by atoms with Gasteiger partial charge in [-0.3, -0.25) is 4.79 Å². The zero-order valence-electron chi connectivity index (χ0n) is 36.0. The van der Waals surface area contributed by atoms with Crippen LogP contribution in [0.4, 0.5) is 4.79 Å². The summed E-state index contributed by atoms with van der Waals surface area (Å²) in [6.07, 6.45) is 12.5. The van der Waals surface area contributed by atoms with Gasteiger partial charge < -0.3 is 23.7 Å². The van der Waals surface area contributed by atoms with Gasteiger partial charge in [-0.25, -0.2) is 9.69 Å². The van der Waals surface area contributed by atoms with Crippen molar-refractivity contribution in [1.82, 2.24) is 4.90 Å². The molecule has 2 aromatic rings. The van der Waals surface area contributed by atoms with Crippen LogP contribution in [0, 0.1) is 46.3 Å². The summed E-state index contributed by atoms with van der Waals surface area (Å²) in [6.45, 7) is 14.8. The molecule has 0 N–H and O–H groups in total. The number of rotatable bonds is 14. The van der Waals surface area contributed by atoms with E-state index in [0.717, 1.165) is 60.0 Å². The lowest BCUT2D eigenvalue weighted by Crippen LogP contribution is -2.63. The molecule has 5 fully saturated rings. The Hall–Kier alpha value is -3.04. The first-order valence-corrected chi connectivity index (χ1v) is 22.7. The molecule has 6 aliphatic rings. The molecule has 2 saturated heterocycles. The highest BCUT2D eigenvalue weighted by Gasteiger charge is 2.61. The van der Waals surface area contributed by atoms with E-state index in [2.05, 4.69) is 40.7 Å². The predicted molar refractivity (Wildman–Crippen MR) is 224 cm³/mol. The summed E-state index contributed by atoms with van der Waals surface area (Å²) in [5, 5.41) is 0. The van der Waals surface area contributed by atoms with Gasteiger partial charge in [-0.05, 0) is 109 Å². The third-order valence-corrected chi connectivity index (χ3v) is 16.0. The van der Waals surface area contributed by atoms with Crippen molar-refractivity contribution in [2.75, 3.05) is 6.61 Å². The average molecular weight is 796 g/mol. The van der Waals surface area contributed by atoms with Crippen LogP contribution in [-0.4, -0.2) is 60.3 Å². The molecule has 2 amide bonds. The molecule has 3 saturated carbocycles. The van der Waals surface area contributed by atoms with Crippen LogP contribution in [0.1, 0.15) is 123 Å². The number of fused-ring (bicyclic) bond motifs is 6. The van der Waals surface area contributed by atoms with Crippen molar-refractivity contribution in [2.24, 2.45) is 46.3 Å². The monoisotopic (exact) mass is 796 g/mol. The van der Waals surface area contributed by atoms with E-state index < -0.39 is 42.6 Å². The van der Waals surface area contributed by atoms with Crippen LogP contribution in [0.25, 0.3) is 0 Å². The van der Waals surface area contributed by atoms with Crippen LogP contribution in [-0.2, 0) is 41.7 Å². The Morgan fingerprint density at radius 2 is 1.62 bits per heavy atom. The number of benzene rings is 2. The van der Waals surface area contributed by atoms with Gasteiger partial charge in [0, 0.05) is 6.92 Å². The normalized spacial score (nSPS) is 37.3. The van der Waals surface area contributed by atoms with Crippen molar-refractivity contribution in [3.05, 3.63) is 83.4 Å². The van der Waals surface area contributed by atoms with E-state index in [1.165, 1.54) is 68.8 Å². The van der Waals surface area contributed by atoms with Crippen molar-refractivity contribution in [3.8, 4) is 0 Å². The quantitative estimate of drug-likeness (QED) is 0.176. The Bertz CT molecular complexity index is 1750. The number of carbonyl (C=O) groups excluding carboxylic acids is 2. The van der Waals surface area contributed by atoms with Gasteiger partial charge in [0.25, 0.3) is 0 Å². The molecule has 13 atom stereocenters. The third-order valence-electron chi connectivity index (χ3n) is 16.0. The van der Waals surface area contributed by atoms with Gasteiger partial charge in [-0.2, -0.15) is 0 Å². The predicted octanol–water partition coefficient (Wildman–Crippen LogP) is 10.7. The molecule has 0 spiro atoms. The Morgan fingerprint density at radius 1 is 0.897 bits per heavy atom. The summed E-state index contributed by atoms with van der Waals surface area (Å²) in [5.41, 5.74) is 4.21. The first kappa shape index (κ1) is 41.7. The molecular weight excluding hydrogens is 727 g/mol. The smallest absolute Gasteiger partial charge is 0.417 e. The first-order chi connectivity index (χ1) is 28.0. The molecule has 8 nitrogen and oxygen atoms in total. The summed E-state index contributed by atoms with van der Waals surface area (Å²) < 4.78 is 32.6. The zero-order chi connectivity index (χ0) is 40.6. The number of allylic oxidation sites excluding steroid dienone is 1. The van der Waals surface area contributed by atoms with Gasteiger partial charge in [-0.15, -0.1) is 0 Å². The van der Waals surface area contributed by atoms with Crippen LogP contribution in [0.15, 0.2) is 72.3 Å². The molecule has 0 bridgehead atoms. The van der Waals surface area contributed by atoms with Crippen molar-refractivity contribution in [1.29, 1.82) is 0 Å². The number of imide groups is 1. The molecule has 2 aromatic carbocycles. The Balaban J connectivity index is 0.981.